The molecule has 1 heterocycles. The number of rotatable bonds is 4. The Balaban J connectivity index is 2.09. The minimum absolute atomic E-state index is 0.150. The first kappa shape index (κ1) is 12.2. The van der Waals surface area contributed by atoms with Crippen molar-refractivity contribution in [2.45, 2.75) is 38.3 Å². The molecule has 3 N–H and O–H groups in total. The molecule has 1 unspecified atom stereocenters. The predicted octanol–water partition coefficient (Wildman–Crippen LogP) is 1.42. The molecule has 0 saturated heterocycles. The van der Waals surface area contributed by atoms with Crippen molar-refractivity contribution in [3.8, 4) is 0 Å². The number of nitrogens with two attached hydrogens (primary N) is 1. The van der Waals surface area contributed by atoms with Crippen molar-refractivity contribution in [1.82, 2.24) is 10.3 Å². The van der Waals surface area contributed by atoms with Crippen molar-refractivity contribution in [3.05, 3.63) is 29.6 Å². The molecule has 0 radical (unpaired) electrons. The molecule has 0 fully saturated rings. The fraction of sp³-hybridized carbons (Fsp3) is 0.538. The number of aryl methyl sites for hydroxylation is 1. The largest absolute Gasteiger partial charge is 0.312 e. The molecule has 1 aromatic rings. The zero-order chi connectivity index (χ0) is 12.3. The van der Waals surface area contributed by atoms with Gasteiger partial charge in [0.1, 0.15) is 0 Å². The van der Waals surface area contributed by atoms with Gasteiger partial charge in [-0.3, -0.25) is 15.3 Å². The normalized spacial score (nSPS) is 19.8. The number of aromatic nitrogens is 1. The minimum atomic E-state index is -0.150. The summed E-state index contributed by atoms with van der Waals surface area (Å²) in [6.07, 6.45) is 5.95. The summed E-state index contributed by atoms with van der Waals surface area (Å²) >= 11 is 0. The predicted molar refractivity (Wildman–Crippen MR) is 70.1 cm³/mol. The van der Waals surface area contributed by atoms with Crippen molar-refractivity contribution in [3.63, 3.8) is 0 Å². The van der Waals surface area contributed by atoms with Gasteiger partial charge >= 0.3 is 0 Å². The summed E-state index contributed by atoms with van der Waals surface area (Å²) < 4.78 is 0. The topological polar surface area (TPSA) is 63.3 Å². The summed E-state index contributed by atoms with van der Waals surface area (Å²) in [5, 5.41) is 3.58. The summed E-state index contributed by atoms with van der Waals surface area (Å²) in [5.74, 6) is 0. The quantitative estimate of drug-likeness (QED) is 0.772. The van der Waals surface area contributed by atoms with Crippen LogP contribution in [0.15, 0.2) is 23.3 Å². The van der Waals surface area contributed by atoms with E-state index in [1.807, 2.05) is 18.5 Å². The highest BCUT2D eigenvalue weighted by molar-refractivity contribution is 5.69. The number of hydrogen-bond donors (Lipinski definition) is 2. The van der Waals surface area contributed by atoms with Crippen LogP contribution in [0.5, 0.6) is 0 Å². The van der Waals surface area contributed by atoms with E-state index in [9.17, 15) is 0 Å². The Morgan fingerprint density at radius 2 is 2.47 bits per heavy atom. The van der Waals surface area contributed by atoms with Crippen molar-refractivity contribution in [1.29, 1.82) is 0 Å². The second-order valence-electron chi connectivity index (χ2n) is 5.00. The Bertz CT molecular complexity index is 412. The summed E-state index contributed by atoms with van der Waals surface area (Å²) in [6.45, 7) is 4.55. The van der Waals surface area contributed by atoms with Crippen LogP contribution in [0.4, 0.5) is 0 Å². The molecule has 0 spiro atoms. The van der Waals surface area contributed by atoms with Crippen LogP contribution < -0.4 is 11.1 Å². The molecule has 0 amide bonds. The van der Waals surface area contributed by atoms with Gasteiger partial charge in [0.15, 0.2) is 0 Å². The van der Waals surface area contributed by atoms with E-state index in [2.05, 4.69) is 35.2 Å². The maximum Gasteiger partial charge on any atom is 0.0856 e. The second-order valence-corrected chi connectivity index (χ2v) is 5.00. The third-order valence-corrected chi connectivity index (χ3v) is 3.02. The molecule has 92 valence electrons. The third-order valence-electron chi connectivity index (χ3n) is 3.02. The lowest BCUT2D eigenvalue weighted by Gasteiger charge is -2.26. The molecule has 0 aliphatic heterocycles. The Morgan fingerprint density at radius 1 is 1.65 bits per heavy atom. The SMILES string of the molecule is CC(C)(/C=N\CN)NC1CCc2cccnc21. The van der Waals surface area contributed by atoms with Crippen LogP contribution in [0, 0.1) is 0 Å². The highest BCUT2D eigenvalue weighted by Crippen LogP contribution is 2.30. The monoisotopic (exact) mass is 232 g/mol. The number of nitrogens with zero attached hydrogens (tertiary/aromatic N) is 2. The van der Waals surface area contributed by atoms with Gasteiger partial charge in [-0.2, -0.15) is 0 Å². The zero-order valence-corrected chi connectivity index (χ0v) is 10.5. The first-order valence-corrected chi connectivity index (χ1v) is 6.05. The maximum absolute atomic E-state index is 5.38. The van der Waals surface area contributed by atoms with Crippen LogP contribution in [0.25, 0.3) is 0 Å². The molecule has 0 bridgehead atoms. The van der Waals surface area contributed by atoms with E-state index in [1.54, 1.807) is 0 Å². The van der Waals surface area contributed by atoms with E-state index in [0.29, 0.717) is 12.7 Å². The van der Waals surface area contributed by atoms with Crippen LogP contribution in [0.1, 0.15) is 37.6 Å². The van der Waals surface area contributed by atoms with Crippen LogP contribution in [-0.4, -0.2) is 23.4 Å². The van der Waals surface area contributed by atoms with Crippen molar-refractivity contribution < 1.29 is 0 Å². The van der Waals surface area contributed by atoms with Gasteiger partial charge in [-0.25, -0.2) is 0 Å². The third kappa shape index (κ3) is 2.90. The summed E-state index contributed by atoms with van der Waals surface area (Å²) in [5.41, 5.74) is 7.77. The van der Waals surface area contributed by atoms with Crippen LogP contribution in [-0.2, 0) is 6.42 Å². The number of aliphatic imine (C=N–C) groups is 1. The van der Waals surface area contributed by atoms with Crippen molar-refractivity contribution in [2.24, 2.45) is 10.7 Å². The molecule has 1 atom stereocenters. The van der Waals surface area contributed by atoms with E-state index in [0.717, 1.165) is 12.8 Å². The number of hydrogen-bond acceptors (Lipinski definition) is 4. The summed E-state index contributed by atoms with van der Waals surface area (Å²) in [7, 11) is 0. The highest BCUT2D eigenvalue weighted by atomic mass is 15.0. The molecule has 1 aliphatic rings. The lowest BCUT2D eigenvalue weighted by Crippen LogP contribution is -2.43. The number of fused-ring (bicyclic) bond motifs is 1. The molecule has 1 aliphatic carbocycles. The van der Waals surface area contributed by atoms with E-state index >= 15 is 0 Å². The highest BCUT2D eigenvalue weighted by Gasteiger charge is 2.28. The molecule has 17 heavy (non-hydrogen) atoms. The molecule has 4 nitrogen and oxygen atoms in total. The first-order chi connectivity index (χ1) is 8.12. The van der Waals surface area contributed by atoms with E-state index in [-0.39, 0.29) is 5.54 Å². The van der Waals surface area contributed by atoms with Gasteiger partial charge in [0.05, 0.1) is 18.4 Å². The van der Waals surface area contributed by atoms with Gasteiger partial charge in [0, 0.05) is 18.0 Å². The molecule has 4 heteroatoms. The molecule has 1 aromatic heterocycles. The van der Waals surface area contributed by atoms with Gasteiger partial charge in [0.2, 0.25) is 0 Å². The first-order valence-electron chi connectivity index (χ1n) is 6.05. The number of pyridine rings is 1. The molecule has 0 saturated carbocycles. The Morgan fingerprint density at radius 3 is 3.24 bits per heavy atom. The molecule has 0 aromatic carbocycles. The Hall–Kier alpha value is -1.26. The second kappa shape index (κ2) is 4.94. The van der Waals surface area contributed by atoms with E-state index in [1.165, 1.54) is 11.3 Å². The van der Waals surface area contributed by atoms with Crippen LogP contribution in [0.3, 0.4) is 0 Å². The van der Waals surface area contributed by atoms with Gasteiger partial charge in [-0.1, -0.05) is 6.07 Å². The molecular weight excluding hydrogens is 212 g/mol. The van der Waals surface area contributed by atoms with Gasteiger partial charge in [-0.05, 0) is 38.3 Å². The smallest absolute Gasteiger partial charge is 0.0856 e. The lowest BCUT2D eigenvalue weighted by molar-refractivity contribution is 0.420. The van der Waals surface area contributed by atoms with E-state index in [4.69, 9.17) is 5.73 Å². The summed E-state index contributed by atoms with van der Waals surface area (Å²) in [6, 6.07) is 4.48. The van der Waals surface area contributed by atoms with Gasteiger partial charge in [0.25, 0.3) is 0 Å². The van der Waals surface area contributed by atoms with Gasteiger partial charge in [-0.15, -0.1) is 0 Å². The number of nitrogens with one attached hydrogen (secondary N) is 1. The van der Waals surface area contributed by atoms with Crippen LogP contribution >= 0.6 is 0 Å². The van der Waals surface area contributed by atoms with E-state index < -0.39 is 0 Å². The molecular formula is C13H20N4. The standard InChI is InChI=1S/C13H20N4/c1-13(2,8-15-9-14)17-11-6-5-10-4-3-7-16-12(10)11/h3-4,7-8,11,17H,5-6,9,14H2,1-2H3/b15-8-. The average Bonchev–Trinajstić information content (AvgIpc) is 2.70. The van der Waals surface area contributed by atoms with Crippen molar-refractivity contribution >= 4 is 6.21 Å². The Kier molecular flexibility index (Phi) is 3.54. The van der Waals surface area contributed by atoms with Gasteiger partial charge < -0.3 is 5.73 Å². The maximum atomic E-state index is 5.38. The zero-order valence-electron chi connectivity index (χ0n) is 10.5. The van der Waals surface area contributed by atoms with Crippen LogP contribution in [0.2, 0.25) is 0 Å². The molecule has 2 rings (SSSR count). The lowest BCUT2D eigenvalue weighted by atomic mass is 10.0. The average molecular weight is 232 g/mol. The van der Waals surface area contributed by atoms with Crippen molar-refractivity contribution in [2.75, 3.05) is 6.67 Å². The summed E-state index contributed by atoms with van der Waals surface area (Å²) in [4.78, 5) is 8.58. The fourth-order valence-corrected chi connectivity index (χ4v) is 2.32. The Labute approximate surface area is 102 Å². The fourth-order valence-electron chi connectivity index (χ4n) is 2.32. The minimum Gasteiger partial charge on any atom is -0.312 e.